The third kappa shape index (κ3) is 2.20. The van der Waals surface area contributed by atoms with Crippen molar-refractivity contribution in [2.24, 2.45) is 0 Å². The molecule has 1 N–H and O–H groups in total. The van der Waals surface area contributed by atoms with Gasteiger partial charge in [-0.25, -0.2) is 0 Å². The molecule has 2 aromatic carbocycles. The maximum Gasteiger partial charge on any atom is 0.151 e. The van der Waals surface area contributed by atoms with Gasteiger partial charge >= 0.3 is 0 Å². The van der Waals surface area contributed by atoms with Gasteiger partial charge in [-0.1, -0.05) is 36.4 Å². The van der Waals surface area contributed by atoms with E-state index < -0.39 is 6.10 Å². The first-order valence-electron chi connectivity index (χ1n) is 5.05. The van der Waals surface area contributed by atoms with Crippen LogP contribution in [0.2, 0.25) is 0 Å². The van der Waals surface area contributed by atoms with Crippen LogP contribution in [0.1, 0.15) is 0 Å². The fourth-order valence-corrected chi connectivity index (χ4v) is 1.54. The van der Waals surface area contributed by atoms with E-state index in [9.17, 15) is 4.79 Å². The van der Waals surface area contributed by atoms with Gasteiger partial charge in [-0.2, -0.15) is 0 Å². The Morgan fingerprint density at radius 2 is 1.94 bits per heavy atom. The monoisotopic (exact) mass is 216 g/mol. The predicted octanol–water partition coefficient (Wildman–Crippen LogP) is 1.78. The maximum absolute atomic E-state index is 10.3. The van der Waals surface area contributed by atoms with Gasteiger partial charge in [-0.05, 0) is 11.5 Å². The number of hydrogen-bond donors (Lipinski definition) is 1. The number of benzene rings is 2. The van der Waals surface area contributed by atoms with Gasteiger partial charge in [0.25, 0.3) is 0 Å². The summed E-state index contributed by atoms with van der Waals surface area (Å²) >= 11 is 0. The van der Waals surface area contributed by atoms with Crippen LogP contribution in [0, 0.1) is 0 Å². The molecule has 0 heterocycles. The number of ether oxygens (including phenoxy) is 1. The predicted molar refractivity (Wildman–Crippen MR) is 61.5 cm³/mol. The number of rotatable bonds is 4. The lowest BCUT2D eigenvalue weighted by atomic mass is 10.1. The van der Waals surface area contributed by atoms with E-state index >= 15 is 0 Å². The highest BCUT2D eigenvalue weighted by Crippen LogP contribution is 2.24. The molecule has 1 atom stereocenters. The summed E-state index contributed by atoms with van der Waals surface area (Å²) in [5.74, 6) is 0.680. The zero-order valence-corrected chi connectivity index (χ0v) is 8.67. The molecule has 0 spiro atoms. The van der Waals surface area contributed by atoms with Crippen molar-refractivity contribution in [2.45, 2.75) is 6.10 Å². The average molecular weight is 216 g/mol. The fraction of sp³-hybridized carbons (Fsp3) is 0.154. The molecular formula is C13H12O3. The van der Waals surface area contributed by atoms with E-state index in [-0.39, 0.29) is 6.61 Å². The summed E-state index contributed by atoms with van der Waals surface area (Å²) in [5, 5.41) is 11.1. The fourth-order valence-electron chi connectivity index (χ4n) is 1.54. The minimum atomic E-state index is -1.07. The lowest BCUT2D eigenvalue weighted by molar-refractivity contribution is -0.116. The number of carbonyl (C=O) groups excluding carboxylic acids is 1. The largest absolute Gasteiger partial charge is 0.490 e. The maximum atomic E-state index is 10.3. The summed E-state index contributed by atoms with van der Waals surface area (Å²) in [6.07, 6.45) is -0.607. The van der Waals surface area contributed by atoms with Crippen molar-refractivity contribution >= 4 is 17.1 Å². The normalized spacial score (nSPS) is 12.3. The average Bonchev–Trinajstić information content (AvgIpc) is 2.35. The van der Waals surface area contributed by atoms with Crippen molar-refractivity contribution < 1.29 is 14.6 Å². The van der Waals surface area contributed by atoms with Crippen LogP contribution in [0.5, 0.6) is 5.75 Å². The van der Waals surface area contributed by atoms with Crippen molar-refractivity contribution in [3.63, 3.8) is 0 Å². The summed E-state index contributed by atoms with van der Waals surface area (Å²) in [4.78, 5) is 10.3. The van der Waals surface area contributed by atoms with Gasteiger partial charge in [0.1, 0.15) is 18.5 Å². The van der Waals surface area contributed by atoms with Gasteiger partial charge in [-0.3, -0.25) is 0 Å². The molecule has 0 radical (unpaired) electrons. The van der Waals surface area contributed by atoms with Gasteiger partial charge in [0.05, 0.1) is 0 Å². The second kappa shape index (κ2) is 4.77. The Bertz CT molecular complexity index is 488. The van der Waals surface area contributed by atoms with Gasteiger partial charge in [0.15, 0.2) is 6.29 Å². The summed E-state index contributed by atoms with van der Waals surface area (Å²) < 4.78 is 5.39. The molecule has 2 aromatic rings. The Balaban J connectivity index is 2.27. The van der Waals surface area contributed by atoms with Crippen LogP contribution in [-0.4, -0.2) is 24.1 Å². The number of aliphatic hydroxyl groups excluding tert-OH is 1. The molecule has 0 aromatic heterocycles. The van der Waals surface area contributed by atoms with E-state index in [4.69, 9.17) is 9.84 Å². The molecule has 0 aliphatic carbocycles. The Morgan fingerprint density at radius 3 is 2.75 bits per heavy atom. The molecule has 0 amide bonds. The van der Waals surface area contributed by atoms with E-state index in [2.05, 4.69) is 0 Å². The third-order valence-electron chi connectivity index (χ3n) is 2.32. The van der Waals surface area contributed by atoms with Crippen molar-refractivity contribution in [1.29, 1.82) is 0 Å². The Hall–Kier alpha value is -1.87. The van der Waals surface area contributed by atoms with E-state index in [0.717, 1.165) is 10.8 Å². The second-order valence-corrected chi connectivity index (χ2v) is 3.49. The zero-order valence-electron chi connectivity index (χ0n) is 8.67. The second-order valence-electron chi connectivity index (χ2n) is 3.49. The molecule has 0 fully saturated rings. The first kappa shape index (κ1) is 10.6. The lowest BCUT2D eigenvalue weighted by Crippen LogP contribution is -2.18. The van der Waals surface area contributed by atoms with Crippen LogP contribution in [0.15, 0.2) is 42.5 Å². The highest BCUT2D eigenvalue weighted by atomic mass is 16.5. The first-order chi connectivity index (χ1) is 7.81. The molecule has 3 heteroatoms. The molecule has 16 heavy (non-hydrogen) atoms. The smallest absolute Gasteiger partial charge is 0.151 e. The number of carbonyl (C=O) groups is 1. The topological polar surface area (TPSA) is 46.5 Å². The molecule has 2 rings (SSSR count). The SMILES string of the molecule is O=CC(O)COc1cccc2ccccc12. The number of fused-ring (bicyclic) bond motifs is 1. The molecule has 82 valence electrons. The summed E-state index contributed by atoms with van der Waals surface area (Å²) in [6.45, 7) is -0.0164. The summed E-state index contributed by atoms with van der Waals surface area (Å²) in [6, 6.07) is 13.5. The van der Waals surface area contributed by atoms with Gasteiger partial charge < -0.3 is 14.6 Å². The molecule has 0 bridgehead atoms. The number of hydrogen-bond acceptors (Lipinski definition) is 3. The van der Waals surface area contributed by atoms with E-state index in [0.29, 0.717) is 12.0 Å². The van der Waals surface area contributed by atoms with Crippen LogP contribution >= 0.6 is 0 Å². The summed E-state index contributed by atoms with van der Waals surface area (Å²) in [5.41, 5.74) is 0. The van der Waals surface area contributed by atoms with E-state index in [1.54, 1.807) is 0 Å². The van der Waals surface area contributed by atoms with Crippen LogP contribution in [0.25, 0.3) is 10.8 Å². The van der Waals surface area contributed by atoms with Crippen molar-refractivity contribution in [2.75, 3.05) is 6.61 Å². The molecular weight excluding hydrogens is 204 g/mol. The van der Waals surface area contributed by atoms with Crippen LogP contribution in [0.4, 0.5) is 0 Å². The van der Waals surface area contributed by atoms with Crippen LogP contribution < -0.4 is 4.74 Å². The van der Waals surface area contributed by atoms with E-state index in [1.165, 1.54) is 0 Å². The molecule has 1 unspecified atom stereocenters. The molecule has 0 aliphatic heterocycles. The molecule has 3 nitrogen and oxygen atoms in total. The standard InChI is InChI=1S/C13H12O3/c14-8-11(15)9-16-13-7-3-5-10-4-1-2-6-12(10)13/h1-8,11,15H,9H2. The highest BCUT2D eigenvalue weighted by molar-refractivity contribution is 5.88. The minimum Gasteiger partial charge on any atom is -0.490 e. The molecule has 0 saturated heterocycles. The molecule has 0 aliphatic rings. The summed E-state index contributed by atoms with van der Waals surface area (Å²) in [7, 11) is 0. The van der Waals surface area contributed by atoms with Gasteiger partial charge in [0.2, 0.25) is 0 Å². The van der Waals surface area contributed by atoms with Gasteiger partial charge in [0, 0.05) is 5.39 Å². The Labute approximate surface area is 93.3 Å². The van der Waals surface area contributed by atoms with Crippen molar-refractivity contribution in [3.05, 3.63) is 42.5 Å². The van der Waals surface area contributed by atoms with E-state index in [1.807, 2.05) is 42.5 Å². The Kier molecular flexibility index (Phi) is 3.17. The van der Waals surface area contributed by atoms with Crippen LogP contribution in [0.3, 0.4) is 0 Å². The lowest BCUT2D eigenvalue weighted by Gasteiger charge is -2.09. The number of aliphatic hydroxyl groups is 1. The van der Waals surface area contributed by atoms with Gasteiger partial charge in [-0.15, -0.1) is 0 Å². The Morgan fingerprint density at radius 1 is 1.19 bits per heavy atom. The quantitative estimate of drug-likeness (QED) is 0.792. The van der Waals surface area contributed by atoms with Crippen molar-refractivity contribution in [3.8, 4) is 5.75 Å². The zero-order chi connectivity index (χ0) is 11.4. The highest BCUT2D eigenvalue weighted by Gasteiger charge is 2.05. The minimum absolute atomic E-state index is 0.0164. The first-order valence-corrected chi connectivity index (χ1v) is 5.05. The van der Waals surface area contributed by atoms with Crippen molar-refractivity contribution in [1.82, 2.24) is 0 Å². The molecule has 0 saturated carbocycles. The third-order valence-corrected chi connectivity index (χ3v) is 2.32. The van der Waals surface area contributed by atoms with Crippen LogP contribution in [-0.2, 0) is 4.79 Å². The number of aldehydes is 1.